The van der Waals surface area contributed by atoms with E-state index in [-0.39, 0.29) is 23.5 Å². The number of nitrogens with zero attached hydrogens (tertiary/aromatic N) is 4. The highest BCUT2D eigenvalue weighted by Gasteiger charge is 2.20. The summed E-state index contributed by atoms with van der Waals surface area (Å²) in [7, 11) is 1.54. The second kappa shape index (κ2) is 7.43. The first-order valence-corrected chi connectivity index (χ1v) is 7.52. The summed E-state index contributed by atoms with van der Waals surface area (Å²) in [5.74, 6) is -0.0209. The van der Waals surface area contributed by atoms with E-state index in [0.29, 0.717) is 5.75 Å². The molecule has 9 nitrogen and oxygen atoms in total. The number of hydrogen-bond donors (Lipinski definition) is 0. The molecule has 3 aromatic rings. The molecule has 0 fully saturated rings. The van der Waals surface area contributed by atoms with Crippen LogP contribution in [0.15, 0.2) is 55.1 Å². The predicted octanol–water partition coefficient (Wildman–Crippen LogP) is 2.54. The molecule has 0 bridgehead atoms. The number of rotatable bonds is 6. The Labute approximate surface area is 148 Å². The number of carbonyl (C=O) groups excluding carboxylic acids is 1. The molecule has 0 saturated carbocycles. The van der Waals surface area contributed by atoms with Crippen molar-refractivity contribution in [1.29, 1.82) is 0 Å². The molecule has 1 aromatic heterocycles. The molecule has 26 heavy (non-hydrogen) atoms. The summed E-state index contributed by atoms with van der Waals surface area (Å²) >= 11 is 0. The molecule has 1 heterocycles. The lowest BCUT2D eigenvalue weighted by Crippen LogP contribution is -2.08. The minimum atomic E-state index is -0.666. The van der Waals surface area contributed by atoms with Gasteiger partial charge in [-0.25, -0.2) is 14.5 Å². The van der Waals surface area contributed by atoms with Gasteiger partial charge in [0.2, 0.25) is 0 Å². The molecule has 3 rings (SSSR count). The first kappa shape index (κ1) is 17.1. The molecule has 0 N–H and O–H groups in total. The van der Waals surface area contributed by atoms with Gasteiger partial charge in [-0.1, -0.05) is 12.1 Å². The molecular weight excluding hydrogens is 340 g/mol. The molecule has 132 valence electrons. The Kier molecular flexibility index (Phi) is 4.88. The quantitative estimate of drug-likeness (QED) is 0.380. The number of hydrogen-bond acceptors (Lipinski definition) is 7. The lowest BCUT2D eigenvalue weighted by molar-refractivity contribution is -0.384. The normalized spacial score (nSPS) is 10.3. The fraction of sp³-hybridized carbons (Fsp3) is 0.118. The van der Waals surface area contributed by atoms with Crippen molar-refractivity contribution in [3.8, 4) is 11.4 Å². The van der Waals surface area contributed by atoms with Crippen LogP contribution in [0.25, 0.3) is 5.69 Å². The van der Waals surface area contributed by atoms with Crippen molar-refractivity contribution < 1.29 is 19.2 Å². The van der Waals surface area contributed by atoms with Crippen LogP contribution in [0.5, 0.6) is 5.75 Å². The Morgan fingerprint density at radius 3 is 2.81 bits per heavy atom. The number of nitro groups is 1. The molecule has 0 radical (unpaired) electrons. The second-order valence-electron chi connectivity index (χ2n) is 5.23. The van der Waals surface area contributed by atoms with Crippen molar-refractivity contribution in [3.63, 3.8) is 0 Å². The van der Waals surface area contributed by atoms with Crippen molar-refractivity contribution in [1.82, 2.24) is 14.8 Å². The Morgan fingerprint density at radius 1 is 1.27 bits per heavy atom. The van der Waals surface area contributed by atoms with Gasteiger partial charge in [0.05, 0.1) is 17.6 Å². The summed E-state index contributed by atoms with van der Waals surface area (Å²) in [4.78, 5) is 26.7. The molecule has 0 aliphatic heterocycles. The standard InChI is InChI=1S/C17H14N4O5/c1-25-14-4-2-3-12(7-14)9-26-17(22)13-5-6-15(16(8-13)21(23)24)20-11-18-10-19-20/h2-8,10-11H,9H2,1H3. The van der Waals surface area contributed by atoms with Gasteiger partial charge in [-0.2, -0.15) is 5.10 Å². The number of benzene rings is 2. The number of ether oxygens (including phenoxy) is 2. The van der Waals surface area contributed by atoms with E-state index in [9.17, 15) is 14.9 Å². The SMILES string of the molecule is COc1cccc(COC(=O)c2ccc(-n3cncn3)c([N+](=O)[O-])c2)c1. The average Bonchev–Trinajstić information content (AvgIpc) is 3.20. The van der Waals surface area contributed by atoms with Gasteiger partial charge < -0.3 is 9.47 Å². The first-order chi connectivity index (χ1) is 12.6. The van der Waals surface area contributed by atoms with Crippen molar-refractivity contribution >= 4 is 11.7 Å². The Bertz CT molecular complexity index is 940. The minimum absolute atomic E-state index is 0.0225. The fourth-order valence-electron chi connectivity index (χ4n) is 2.32. The molecule has 9 heteroatoms. The van der Waals surface area contributed by atoms with Crippen LogP contribution in [0.1, 0.15) is 15.9 Å². The lowest BCUT2D eigenvalue weighted by atomic mass is 10.1. The minimum Gasteiger partial charge on any atom is -0.497 e. The van der Waals surface area contributed by atoms with Crippen LogP contribution >= 0.6 is 0 Å². The van der Waals surface area contributed by atoms with E-state index in [0.717, 1.165) is 11.6 Å². The smallest absolute Gasteiger partial charge is 0.338 e. The van der Waals surface area contributed by atoms with Crippen LogP contribution in [-0.4, -0.2) is 32.8 Å². The Balaban J connectivity index is 1.79. The fourth-order valence-corrected chi connectivity index (χ4v) is 2.32. The number of methoxy groups -OCH3 is 1. The molecule has 0 spiro atoms. The highest BCUT2D eigenvalue weighted by Crippen LogP contribution is 2.24. The van der Waals surface area contributed by atoms with Gasteiger partial charge in [-0.3, -0.25) is 10.1 Å². The molecular formula is C17H14N4O5. The number of nitro benzene ring substituents is 1. The number of esters is 1. The van der Waals surface area contributed by atoms with Crippen molar-refractivity contribution in [2.75, 3.05) is 7.11 Å². The zero-order chi connectivity index (χ0) is 18.5. The molecule has 0 saturated heterocycles. The Hall–Kier alpha value is -3.75. The van der Waals surface area contributed by atoms with E-state index in [1.54, 1.807) is 31.4 Å². The van der Waals surface area contributed by atoms with Gasteiger partial charge in [0.15, 0.2) is 0 Å². The van der Waals surface area contributed by atoms with Gasteiger partial charge in [-0.05, 0) is 29.8 Å². The van der Waals surface area contributed by atoms with Crippen LogP contribution in [0.3, 0.4) is 0 Å². The highest BCUT2D eigenvalue weighted by molar-refractivity contribution is 5.90. The molecule has 2 aromatic carbocycles. The van der Waals surface area contributed by atoms with Gasteiger partial charge in [0, 0.05) is 6.07 Å². The largest absolute Gasteiger partial charge is 0.497 e. The highest BCUT2D eigenvalue weighted by atomic mass is 16.6. The monoisotopic (exact) mass is 354 g/mol. The summed E-state index contributed by atoms with van der Waals surface area (Å²) in [5, 5.41) is 15.2. The lowest BCUT2D eigenvalue weighted by Gasteiger charge is -2.08. The second-order valence-corrected chi connectivity index (χ2v) is 5.23. The van der Waals surface area contributed by atoms with Gasteiger partial charge in [-0.15, -0.1) is 0 Å². The summed E-state index contributed by atoms with van der Waals surface area (Å²) in [5.41, 5.74) is 0.748. The first-order valence-electron chi connectivity index (χ1n) is 7.52. The van der Waals surface area contributed by atoms with Crippen LogP contribution in [0.2, 0.25) is 0 Å². The molecule has 0 aliphatic carbocycles. The van der Waals surface area contributed by atoms with Crippen LogP contribution < -0.4 is 4.74 Å². The maximum absolute atomic E-state index is 12.2. The van der Waals surface area contributed by atoms with Gasteiger partial charge in [0.25, 0.3) is 5.69 Å². The molecule has 0 atom stereocenters. The number of aromatic nitrogens is 3. The average molecular weight is 354 g/mol. The van der Waals surface area contributed by atoms with Gasteiger partial charge in [0.1, 0.15) is 30.7 Å². The van der Waals surface area contributed by atoms with Crippen LogP contribution in [0, 0.1) is 10.1 Å². The molecule has 0 unspecified atom stereocenters. The van der Waals surface area contributed by atoms with E-state index in [1.165, 1.54) is 29.5 Å². The predicted molar refractivity (Wildman–Crippen MR) is 90.1 cm³/mol. The van der Waals surface area contributed by atoms with Crippen molar-refractivity contribution in [2.45, 2.75) is 6.61 Å². The molecule has 0 aliphatic rings. The van der Waals surface area contributed by atoms with Crippen LogP contribution in [-0.2, 0) is 11.3 Å². The van der Waals surface area contributed by atoms with E-state index in [2.05, 4.69) is 10.1 Å². The summed E-state index contributed by atoms with van der Waals surface area (Å²) in [6.07, 6.45) is 2.60. The third-order valence-corrected chi connectivity index (χ3v) is 3.58. The van der Waals surface area contributed by atoms with E-state index in [4.69, 9.17) is 9.47 Å². The van der Waals surface area contributed by atoms with E-state index >= 15 is 0 Å². The summed E-state index contributed by atoms with van der Waals surface area (Å²) < 4.78 is 11.6. The summed E-state index contributed by atoms with van der Waals surface area (Å²) in [6.45, 7) is 0.0225. The Morgan fingerprint density at radius 2 is 2.12 bits per heavy atom. The third kappa shape index (κ3) is 3.66. The van der Waals surface area contributed by atoms with Crippen molar-refractivity contribution in [3.05, 3.63) is 76.4 Å². The van der Waals surface area contributed by atoms with E-state index < -0.39 is 10.9 Å². The third-order valence-electron chi connectivity index (χ3n) is 3.58. The van der Waals surface area contributed by atoms with Crippen LogP contribution in [0.4, 0.5) is 5.69 Å². The molecule has 0 amide bonds. The zero-order valence-electron chi connectivity index (χ0n) is 13.7. The zero-order valence-corrected chi connectivity index (χ0v) is 13.7. The maximum atomic E-state index is 12.2. The number of carbonyl (C=O) groups is 1. The van der Waals surface area contributed by atoms with Gasteiger partial charge >= 0.3 is 5.97 Å². The maximum Gasteiger partial charge on any atom is 0.338 e. The van der Waals surface area contributed by atoms with Crippen molar-refractivity contribution in [2.24, 2.45) is 0 Å². The topological polar surface area (TPSA) is 109 Å². The summed E-state index contributed by atoms with van der Waals surface area (Å²) in [6, 6.07) is 11.1. The van der Waals surface area contributed by atoms with E-state index in [1.807, 2.05) is 0 Å².